The monoisotopic (exact) mass is 369 g/mol. The van der Waals surface area contributed by atoms with Crippen LogP contribution in [0.4, 0.5) is 13.6 Å². The van der Waals surface area contributed by atoms with Crippen LogP contribution in [0.2, 0.25) is 0 Å². The number of amides is 1. The molecule has 0 spiro atoms. The molecule has 1 aromatic rings. The predicted molar refractivity (Wildman–Crippen MR) is 94.0 cm³/mol. The van der Waals surface area contributed by atoms with Crippen molar-refractivity contribution in [2.45, 2.75) is 51.7 Å². The summed E-state index contributed by atoms with van der Waals surface area (Å²) in [5.74, 6) is -4.36. The molecule has 1 rings (SSSR count). The van der Waals surface area contributed by atoms with Crippen LogP contribution in [0.15, 0.2) is 42.5 Å². The molecule has 5 nitrogen and oxygen atoms in total. The van der Waals surface area contributed by atoms with Crippen molar-refractivity contribution in [2.24, 2.45) is 0 Å². The number of benzene rings is 1. The van der Waals surface area contributed by atoms with E-state index in [9.17, 15) is 18.4 Å². The van der Waals surface area contributed by atoms with E-state index in [1.165, 1.54) is 0 Å². The molecule has 0 unspecified atom stereocenters. The molecule has 0 aliphatic rings. The first-order valence-electron chi connectivity index (χ1n) is 8.30. The number of alkyl halides is 2. The van der Waals surface area contributed by atoms with Crippen LogP contribution in [0.5, 0.6) is 0 Å². The van der Waals surface area contributed by atoms with Crippen LogP contribution in [0.1, 0.15) is 33.3 Å². The molecule has 1 N–H and O–H groups in total. The summed E-state index contributed by atoms with van der Waals surface area (Å²) in [5.41, 5.74) is -0.213. The second-order valence-corrected chi connectivity index (χ2v) is 6.65. The number of rotatable bonds is 7. The maximum absolute atomic E-state index is 14.6. The number of hydrogen-bond acceptors (Lipinski definition) is 4. The maximum atomic E-state index is 14.6. The largest absolute Gasteiger partial charge is 0.463 e. The number of halogens is 2. The Morgan fingerprint density at radius 2 is 1.81 bits per heavy atom. The molecule has 1 amide bonds. The van der Waals surface area contributed by atoms with E-state index in [1.54, 1.807) is 58.0 Å². The average Bonchev–Trinajstić information content (AvgIpc) is 2.52. The molecule has 7 heteroatoms. The van der Waals surface area contributed by atoms with Gasteiger partial charge in [-0.1, -0.05) is 30.3 Å². The topological polar surface area (TPSA) is 64.6 Å². The fourth-order valence-electron chi connectivity index (χ4n) is 2.07. The summed E-state index contributed by atoms with van der Waals surface area (Å²) < 4.78 is 38.9. The lowest BCUT2D eigenvalue weighted by atomic mass is 10.00. The SMILES string of the molecule is CCOC(=O)/C=C/C(F)(F)[C@H](Cc1ccccc1)NC(=O)OC(C)(C)C. The summed E-state index contributed by atoms with van der Waals surface area (Å²) in [6, 6.07) is 6.95. The summed E-state index contributed by atoms with van der Waals surface area (Å²) in [7, 11) is 0. The van der Waals surface area contributed by atoms with Crippen molar-refractivity contribution in [2.75, 3.05) is 6.61 Å². The molecular formula is C19H25F2NO4. The molecule has 0 aliphatic carbocycles. The lowest BCUT2D eigenvalue weighted by Crippen LogP contribution is -2.49. The molecule has 26 heavy (non-hydrogen) atoms. The Balaban J connectivity index is 2.97. The number of carbonyl (C=O) groups excluding carboxylic acids is 2. The van der Waals surface area contributed by atoms with Crippen molar-refractivity contribution in [3.05, 3.63) is 48.0 Å². The van der Waals surface area contributed by atoms with Gasteiger partial charge in [-0.05, 0) is 45.8 Å². The summed E-state index contributed by atoms with van der Waals surface area (Å²) in [6.07, 6.45) is 0.0109. The highest BCUT2D eigenvalue weighted by molar-refractivity contribution is 5.82. The Hall–Kier alpha value is -2.44. The number of hydrogen-bond donors (Lipinski definition) is 1. The standard InChI is InChI=1S/C19H25F2NO4/c1-5-25-16(23)11-12-19(20,21)15(13-14-9-7-6-8-10-14)22-17(24)26-18(2,3)4/h6-12,15H,5,13H2,1-4H3,(H,22,24)/b12-11+/t15-/m0/s1. The molecule has 1 aromatic carbocycles. The molecule has 0 saturated carbocycles. The quantitative estimate of drug-likeness (QED) is 0.585. The number of carbonyl (C=O) groups is 2. The molecule has 0 fully saturated rings. The highest BCUT2D eigenvalue weighted by Crippen LogP contribution is 2.24. The zero-order chi connectivity index (χ0) is 19.8. The van der Waals surface area contributed by atoms with Crippen LogP contribution < -0.4 is 5.32 Å². The van der Waals surface area contributed by atoms with Gasteiger partial charge < -0.3 is 14.8 Å². The van der Waals surface area contributed by atoms with Crippen LogP contribution >= 0.6 is 0 Å². The first-order valence-corrected chi connectivity index (χ1v) is 8.30. The zero-order valence-corrected chi connectivity index (χ0v) is 15.4. The van der Waals surface area contributed by atoms with Crippen molar-refractivity contribution in [1.82, 2.24) is 5.32 Å². The van der Waals surface area contributed by atoms with E-state index in [1.807, 2.05) is 0 Å². The van der Waals surface area contributed by atoms with E-state index in [2.05, 4.69) is 10.1 Å². The molecule has 0 aromatic heterocycles. The van der Waals surface area contributed by atoms with E-state index in [-0.39, 0.29) is 13.0 Å². The van der Waals surface area contributed by atoms with E-state index in [4.69, 9.17) is 4.74 Å². The van der Waals surface area contributed by atoms with Gasteiger partial charge in [-0.3, -0.25) is 0 Å². The average molecular weight is 369 g/mol. The van der Waals surface area contributed by atoms with Crippen LogP contribution in [-0.4, -0.2) is 36.2 Å². The van der Waals surface area contributed by atoms with Gasteiger partial charge in [0.05, 0.1) is 6.61 Å². The summed E-state index contributed by atoms with van der Waals surface area (Å²) in [6.45, 7) is 6.57. The highest BCUT2D eigenvalue weighted by Gasteiger charge is 2.39. The fourth-order valence-corrected chi connectivity index (χ4v) is 2.07. The fraction of sp³-hybridized carbons (Fsp3) is 0.474. The van der Waals surface area contributed by atoms with Gasteiger partial charge in [0.15, 0.2) is 0 Å². The molecule has 144 valence electrons. The minimum Gasteiger partial charge on any atom is -0.463 e. The van der Waals surface area contributed by atoms with Gasteiger partial charge in [0, 0.05) is 6.08 Å². The van der Waals surface area contributed by atoms with Gasteiger partial charge in [-0.2, -0.15) is 8.78 Å². The summed E-state index contributed by atoms with van der Waals surface area (Å²) >= 11 is 0. The molecule has 0 heterocycles. The number of ether oxygens (including phenoxy) is 2. The first kappa shape index (κ1) is 21.6. The van der Waals surface area contributed by atoms with Crippen molar-refractivity contribution >= 4 is 12.1 Å². The summed E-state index contributed by atoms with van der Waals surface area (Å²) in [4.78, 5) is 23.3. The van der Waals surface area contributed by atoms with Crippen LogP contribution in [0.3, 0.4) is 0 Å². The van der Waals surface area contributed by atoms with Crippen molar-refractivity contribution in [1.29, 1.82) is 0 Å². The number of alkyl carbamates (subject to hydrolysis) is 1. The lowest BCUT2D eigenvalue weighted by Gasteiger charge is -2.27. The van der Waals surface area contributed by atoms with Gasteiger partial charge in [0.25, 0.3) is 5.92 Å². The Bertz CT molecular complexity index is 624. The van der Waals surface area contributed by atoms with E-state index < -0.39 is 29.6 Å². The zero-order valence-electron chi connectivity index (χ0n) is 15.4. The van der Waals surface area contributed by atoms with E-state index in [0.29, 0.717) is 17.7 Å². The second-order valence-electron chi connectivity index (χ2n) is 6.65. The summed E-state index contributed by atoms with van der Waals surface area (Å²) in [5, 5.41) is 2.20. The minimum atomic E-state index is -3.49. The van der Waals surface area contributed by atoms with Gasteiger partial charge in [-0.25, -0.2) is 9.59 Å². The highest BCUT2D eigenvalue weighted by atomic mass is 19.3. The molecule has 1 atom stereocenters. The smallest absolute Gasteiger partial charge is 0.408 e. The maximum Gasteiger partial charge on any atom is 0.408 e. The Morgan fingerprint density at radius 1 is 1.19 bits per heavy atom. The van der Waals surface area contributed by atoms with Crippen LogP contribution in [0.25, 0.3) is 0 Å². The molecule has 0 aliphatic heterocycles. The van der Waals surface area contributed by atoms with Crippen LogP contribution in [-0.2, 0) is 20.7 Å². The van der Waals surface area contributed by atoms with Gasteiger partial charge in [-0.15, -0.1) is 0 Å². The van der Waals surface area contributed by atoms with Crippen molar-refractivity contribution in [3.8, 4) is 0 Å². The lowest BCUT2D eigenvalue weighted by molar-refractivity contribution is -0.137. The van der Waals surface area contributed by atoms with Crippen molar-refractivity contribution < 1.29 is 27.8 Å². The van der Waals surface area contributed by atoms with Gasteiger partial charge in [0.1, 0.15) is 11.6 Å². The van der Waals surface area contributed by atoms with E-state index in [0.717, 1.165) is 0 Å². The normalized spacial score (nSPS) is 13.3. The Kier molecular flexibility index (Phi) is 7.74. The number of nitrogens with one attached hydrogen (secondary N) is 1. The molecular weight excluding hydrogens is 344 g/mol. The van der Waals surface area contributed by atoms with Crippen molar-refractivity contribution in [3.63, 3.8) is 0 Å². The van der Waals surface area contributed by atoms with E-state index >= 15 is 0 Å². The Morgan fingerprint density at radius 3 is 2.35 bits per heavy atom. The van der Waals surface area contributed by atoms with Gasteiger partial charge >= 0.3 is 12.1 Å². The van der Waals surface area contributed by atoms with Crippen LogP contribution in [0, 0.1) is 0 Å². The first-order chi connectivity index (χ1) is 12.0. The molecule has 0 bridgehead atoms. The third-order valence-electron chi connectivity index (χ3n) is 3.17. The third-order valence-corrected chi connectivity index (χ3v) is 3.17. The second kappa shape index (κ2) is 9.31. The number of esters is 1. The van der Waals surface area contributed by atoms with Gasteiger partial charge in [0.2, 0.25) is 0 Å². The molecule has 0 saturated heterocycles. The Labute approximate surface area is 152 Å². The predicted octanol–water partition coefficient (Wildman–Crippen LogP) is 3.88. The molecule has 0 radical (unpaired) electrons. The minimum absolute atomic E-state index is 0.0817. The third kappa shape index (κ3) is 8.09.